The van der Waals surface area contributed by atoms with Crippen molar-refractivity contribution in [2.24, 2.45) is 0 Å². The number of rotatable bonds is 5. The summed E-state index contributed by atoms with van der Waals surface area (Å²) < 4.78 is 15.8. The number of hydrogen-bond acceptors (Lipinski definition) is 4. The Morgan fingerprint density at radius 1 is 1.11 bits per heavy atom. The van der Waals surface area contributed by atoms with Crippen molar-refractivity contribution in [3.63, 3.8) is 0 Å². The zero-order valence-electron chi connectivity index (χ0n) is 10.6. The lowest BCUT2D eigenvalue weighted by molar-refractivity contribution is -0.140. The fourth-order valence-electron chi connectivity index (χ4n) is 2.23. The van der Waals surface area contributed by atoms with E-state index in [0.29, 0.717) is 35.7 Å². The Kier molecular flexibility index (Phi) is 3.07. The van der Waals surface area contributed by atoms with Crippen LogP contribution in [0.5, 0.6) is 17.2 Å². The van der Waals surface area contributed by atoms with E-state index in [1.807, 2.05) is 0 Å². The summed E-state index contributed by atoms with van der Waals surface area (Å²) >= 11 is 0. The largest absolute Gasteiger partial charge is 0.496 e. The van der Waals surface area contributed by atoms with Crippen LogP contribution < -0.4 is 14.2 Å². The topological polar surface area (TPSA) is 65.0 Å². The maximum Gasteiger partial charge on any atom is 0.314 e. The molecule has 1 aliphatic carbocycles. The van der Waals surface area contributed by atoms with Crippen molar-refractivity contribution >= 4 is 5.97 Å². The number of methoxy groups -OCH3 is 3. The highest BCUT2D eigenvalue weighted by Gasteiger charge is 2.55. The van der Waals surface area contributed by atoms with Gasteiger partial charge in [0, 0.05) is 0 Å². The number of hydrogen-bond donors (Lipinski definition) is 1. The molecule has 1 aromatic rings. The standard InChI is InChI=1S/C13H16O5/c1-16-8-4-5-9(17-2)11(18-3)10(8)13(6-7-13)12(14)15/h4-5H,6-7H2,1-3H3,(H,14,15). The van der Waals surface area contributed by atoms with E-state index in [4.69, 9.17) is 14.2 Å². The minimum Gasteiger partial charge on any atom is -0.496 e. The molecule has 1 N–H and O–H groups in total. The second kappa shape index (κ2) is 4.40. The van der Waals surface area contributed by atoms with Crippen molar-refractivity contribution in [1.29, 1.82) is 0 Å². The molecule has 0 radical (unpaired) electrons. The second-order valence-electron chi connectivity index (χ2n) is 4.27. The number of carbonyl (C=O) groups is 1. The zero-order chi connectivity index (χ0) is 13.3. The Morgan fingerprint density at radius 2 is 1.67 bits per heavy atom. The van der Waals surface area contributed by atoms with E-state index in [9.17, 15) is 9.90 Å². The lowest BCUT2D eigenvalue weighted by Gasteiger charge is -2.20. The van der Waals surface area contributed by atoms with E-state index in [2.05, 4.69) is 0 Å². The highest BCUT2D eigenvalue weighted by atomic mass is 16.5. The third-order valence-corrected chi connectivity index (χ3v) is 3.37. The maximum absolute atomic E-state index is 11.5. The van der Waals surface area contributed by atoms with Gasteiger partial charge in [-0.3, -0.25) is 4.79 Å². The van der Waals surface area contributed by atoms with Crippen LogP contribution in [0.4, 0.5) is 0 Å². The molecule has 2 rings (SSSR count). The van der Waals surface area contributed by atoms with Crippen molar-refractivity contribution < 1.29 is 24.1 Å². The maximum atomic E-state index is 11.5. The quantitative estimate of drug-likeness (QED) is 0.866. The van der Waals surface area contributed by atoms with Crippen LogP contribution in [0, 0.1) is 0 Å². The van der Waals surface area contributed by atoms with E-state index >= 15 is 0 Å². The Labute approximate surface area is 105 Å². The van der Waals surface area contributed by atoms with Crippen LogP contribution in [0.1, 0.15) is 18.4 Å². The van der Waals surface area contributed by atoms with E-state index < -0.39 is 11.4 Å². The lowest BCUT2D eigenvalue weighted by Crippen LogP contribution is -2.21. The van der Waals surface area contributed by atoms with Gasteiger partial charge in [-0.2, -0.15) is 0 Å². The normalized spacial score (nSPS) is 15.9. The van der Waals surface area contributed by atoms with Gasteiger partial charge in [0.15, 0.2) is 11.5 Å². The van der Waals surface area contributed by atoms with Gasteiger partial charge >= 0.3 is 5.97 Å². The van der Waals surface area contributed by atoms with E-state index in [-0.39, 0.29) is 0 Å². The molecular weight excluding hydrogens is 236 g/mol. The summed E-state index contributed by atoms with van der Waals surface area (Å²) in [4.78, 5) is 11.5. The first-order valence-corrected chi connectivity index (χ1v) is 5.63. The first-order chi connectivity index (χ1) is 8.60. The van der Waals surface area contributed by atoms with Crippen molar-refractivity contribution in [1.82, 2.24) is 0 Å². The molecule has 18 heavy (non-hydrogen) atoms. The van der Waals surface area contributed by atoms with Gasteiger partial charge in [-0.25, -0.2) is 0 Å². The van der Waals surface area contributed by atoms with E-state index in [1.54, 1.807) is 12.1 Å². The van der Waals surface area contributed by atoms with Crippen LogP contribution in [-0.2, 0) is 10.2 Å². The predicted molar refractivity (Wildman–Crippen MR) is 64.6 cm³/mol. The van der Waals surface area contributed by atoms with Gasteiger partial charge in [0.05, 0.1) is 26.9 Å². The molecule has 98 valence electrons. The number of carboxylic acids is 1. The Morgan fingerprint density at radius 3 is 2.06 bits per heavy atom. The first-order valence-electron chi connectivity index (χ1n) is 5.63. The van der Waals surface area contributed by atoms with Gasteiger partial charge in [0.1, 0.15) is 11.2 Å². The lowest BCUT2D eigenvalue weighted by atomic mass is 9.93. The Hall–Kier alpha value is -1.91. The van der Waals surface area contributed by atoms with Gasteiger partial charge in [-0.1, -0.05) is 0 Å². The highest BCUT2D eigenvalue weighted by Crippen LogP contribution is 2.56. The predicted octanol–water partition coefficient (Wildman–Crippen LogP) is 1.83. The summed E-state index contributed by atoms with van der Waals surface area (Å²) in [6.45, 7) is 0. The molecule has 1 aliphatic rings. The summed E-state index contributed by atoms with van der Waals surface area (Å²) in [6.07, 6.45) is 1.17. The molecule has 0 aromatic heterocycles. The molecule has 1 aromatic carbocycles. The summed E-state index contributed by atoms with van der Waals surface area (Å²) in [7, 11) is 4.54. The van der Waals surface area contributed by atoms with Crippen LogP contribution in [0.15, 0.2) is 12.1 Å². The van der Waals surface area contributed by atoms with Crippen molar-refractivity contribution in [3.05, 3.63) is 17.7 Å². The molecular formula is C13H16O5. The molecule has 0 amide bonds. The van der Waals surface area contributed by atoms with Crippen LogP contribution in [-0.4, -0.2) is 32.4 Å². The van der Waals surface area contributed by atoms with Crippen LogP contribution in [0.3, 0.4) is 0 Å². The van der Waals surface area contributed by atoms with Crippen LogP contribution in [0.25, 0.3) is 0 Å². The summed E-state index contributed by atoms with van der Waals surface area (Å²) in [6, 6.07) is 3.42. The number of benzene rings is 1. The van der Waals surface area contributed by atoms with Crippen molar-refractivity contribution in [2.75, 3.05) is 21.3 Å². The van der Waals surface area contributed by atoms with Gasteiger partial charge in [0.2, 0.25) is 0 Å². The summed E-state index contributed by atoms with van der Waals surface area (Å²) in [5.74, 6) is 0.623. The van der Waals surface area contributed by atoms with Crippen LogP contribution in [0.2, 0.25) is 0 Å². The van der Waals surface area contributed by atoms with E-state index in [0.717, 1.165) is 0 Å². The SMILES string of the molecule is COc1ccc(OC)c(C2(C(=O)O)CC2)c1OC. The number of aliphatic carboxylic acids is 1. The Bertz CT molecular complexity index is 477. The van der Waals surface area contributed by atoms with Crippen LogP contribution >= 0.6 is 0 Å². The van der Waals surface area contributed by atoms with Gasteiger partial charge in [-0.05, 0) is 25.0 Å². The third-order valence-electron chi connectivity index (χ3n) is 3.37. The smallest absolute Gasteiger partial charge is 0.314 e. The first kappa shape index (κ1) is 12.5. The molecule has 5 heteroatoms. The third kappa shape index (κ3) is 1.66. The average Bonchev–Trinajstić information content (AvgIpc) is 3.18. The number of carboxylic acid groups (broad SMARTS) is 1. The van der Waals surface area contributed by atoms with E-state index in [1.165, 1.54) is 21.3 Å². The minimum atomic E-state index is -0.898. The molecule has 1 fully saturated rings. The minimum absolute atomic E-state index is 0.441. The monoisotopic (exact) mass is 252 g/mol. The fourth-order valence-corrected chi connectivity index (χ4v) is 2.23. The van der Waals surface area contributed by atoms with Gasteiger partial charge in [-0.15, -0.1) is 0 Å². The second-order valence-corrected chi connectivity index (χ2v) is 4.27. The molecule has 0 spiro atoms. The van der Waals surface area contributed by atoms with Gasteiger partial charge < -0.3 is 19.3 Å². The molecule has 0 unspecified atom stereocenters. The summed E-state index contributed by atoms with van der Waals surface area (Å²) in [5.41, 5.74) is -0.329. The van der Waals surface area contributed by atoms with Crippen molar-refractivity contribution in [2.45, 2.75) is 18.3 Å². The fraction of sp³-hybridized carbons (Fsp3) is 0.462. The molecule has 0 aliphatic heterocycles. The molecule has 1 saturated carbocycles. The van der Waals surface area contributed by atoms with Crippen molar-refractivity contribution in [3.8, 4) is 17.2 Å². The molecule has 0 bridgehead atoms. The molecule has 0 heterocycles. The summed E-state index contributed by atoms with van der Waals surface area (Å²) in [5, 5.41) is 9.41. The highest BCUT2D eigenvalue weighted by molar-refractivity contribution is 5.88. The molecule has 5 nitrogen and oxygen atoms in total. The molecule has 0 saturated heterocycles. The van der Waals surface area contributed by atoms with Gasteiger partial charge in [0.25, 0.3) is 0 Å². The zero-order valence-corrected chi connectivity index (χ0v) is 10.6. The Balaban J connectivity index is 2.66. The average molecular weight is 252 g/mol. The number of ether oxygens (including phenoxy) is 3. The molecule has 0 atom stereocenters.